The SMILES string of the molecule is CCN(CC(=O)Nc1c(F)cccc1F)C(=O)CSc1nncn1-c1ccc(C)c(Cl)c1. The largest absolute Gasteiger partial charge is 0.333 e. The molecule has 1 aromatic heterocycles. The molecule has 3 rings (SSSR count). The Kier molecular flexibility index (Phi) is 7.81. The van der Waals surface area contributed by atoms with Crippen LogP contribution >= 0.6 is 23.4 Å². The summed E-state index contributed by atoms with van der Waals surface area (Å²) in [4.78, 5) is 26.2. The lowest BCUT2D eigenvalue weighted by Gasteiger charge is -2.20. The number of carbonyl (C=O) groups is 2. The fraction of sp³-hybridized carbons (Fsp3) is 0.238. The predicted octanol–water partition coefficient (Wildman–Crippen LogP) is 4.09. The zero-order valence-corrected chi connectivity index (χ0v) is 18.9. The highest BCUT2D eigenvalue weighted by atomic mass is 35.5. The molecule has 11 heteroatoms. The highest BCUT2D eigenvalue weighted by Crippen LogP contribution is 2.24. The van der Waals surface area contributed by atoms with Crippen molar-refractivity contribution in [3.8, 4) is 5.69 Å². The van der Waals surface area contributed by atoms with E-state index in [2.05, 4.69) is 15.5 Å². The number of thioether (sulfide) groups is 1. The molecule has 0 bridgehead atoms. The Morgan fingerprint density at radius 1 is 1.22 bits per heavy atom. The number of nitrogens with one attached hydrogen (secondary N) is 1. The van der Waals surface area contributed by atoms with Crippen LogP contribution in [0.5, 0.6) is 0 Å². The van der Waals surface area contributed by atoms with Gasteiger partial charge >= 0.3 is 0 Å². The van der Waals surface area contributed by atoms with E-state index in [1.54, 1.807) is 17.6 Å². The van der Waals surface area contributed by atoms with Crippen molar-refractivity contribution in [3.63, 3.8) is 0 Å². The molecule has 3 aromatic rings. The Morgan fingerprint density at radius 2 is 1.94 bits per heavy atom. The maximum Gasteiger partial charge on any atom is 0.244 e. The third-order valence-electron chi connectivity index (χ3n) is 4.57. The Bertz CT molecular complexity index is 1120. The molecular formula is C21H20ClF2N5O2S. The summed E-state index contributed by atoms with van der Waals surface area (Å²) in [6, 6.07) is 8.78. The topological polar surface area (TPSA) is 80.1 Å². The molecule has 1 heterocycles. The van der Waals surface area contributed by atoms with Gasteiger partial charge in [-0.25, -0.2) is 8.78 Å². The van der Waals surface area contributed by atoms with E-state index in [4.69, 9.17) is 11.6 Å². The third-order valence-corrected chi connectivity index (χ3v) is 5.91. The Hall–Kier alpha value is -2.98. The minimum atomic E-state index is -0.890. The number of carbonyl (C=O) groups excluding carboxylic acids is 2. The molecule has 2 amide bonds. The van der Waals surface area contributed by atoms with Crippen molar-refractivity contribution in [1.29, 1.82) is 0 Å². The summed E-state index contributed by atoms with van der Waals surface area (Å²) in [5.74, 6) is -2.82. The van der Waals surface area contributed by atoms with Crippen molar-refractivity contribution in [3.05, 3.63) is 64.9 Å². The van der Waals surface area contributed by atoms with E-state index in [1.807, 2.05) is 19.1 Å². The van der Waals surface area contributed by atoms with E-state index >= 15 is 0 Å². The van der Waals surface area contributed by atoms with Gasteiger partial charge in [0.25, 0.3) is 0 Å². The first-order valence-corrected chi connectivity index (χ1v) is 11.0. The van der Waals surface area contributed by atoms with Crippen molar-refractivity contribution in [2.75, 3.05) is 24.2 Å². The fourth-order valence-electron chi connectivity index (χ4n) is 2.79. The molecule has 32 heavy (non-hydrogen) atoms. The minimum Gasteiger partial charge on any atom is -0.333 e. The molecule has 0 radical (unpaired) electrons. The maximum absolute atomic E-state index is 13.7. The second-order valence-corrected chi connectivity index (χ2v) is 8.11. The van der Waals surface area contributed by atoms with E-state index in [-0.39, 0.29) is 24.7 Å². The van der Waals surface area contributed by atoms with Gasteiger partial charge in [-0.15, -0.1) is 10.2 Å². The van der Waals surface area contributed by atoms with E-state index in [0.29, 0.717) is 10.2 Å². The van der Waals surface area contributed by atoms with Gasteiger partial charge in [0, 0.05) is 11.6 Å². The summed E-state index contributed by atoms with van der Waals surface area (Å²) in [7, 11) is 0. The van der Waals surface area contributed by atoms with Gasteiger partial charge < -0.3 is 10.2 Å². The lowest BCUT2D eigenvalue weighted by atomic mass is 10.2. The zero-order valence-electron chi connectivity index (χ0n) is 17.3. The number of benzene rings is 2. The van der Waals surface area contributed by atoms with E-state index in [1.165, 1.54) is 17.3 Å². The molecule has 7 nitrogen and oxygen atoms in total. The van der Waals surface area contributed by atoms with Crippen LogP contribution in [0, 0.1) is 18.6 Å². The van der Waals surface area contributed by atoms with Gasteiger partial charge in [-0.05, 0) is 43.7 Å². The molecule has 0 spiro atoms. The first-order chi connectivity index (χ1) is 15.3. The summed E-state index contributed by atoms with van der Waals surface area (Å²) in [5, 5.41) is 11.2. The molecule has 0 unspecified atom stereocenters. The van der Waals surface area contributed by atoms with Crippen LogP contribution in [-0.2, 0) is 9.59 Å². The smallest absolute Gasteiger partial charge is 0.244 e. The van der Waals surface area contributed by atoms with Gasteiger partial charge in [0.2, 0.25) is 11.8 Å². The number of amides is 2. The average molecular weight is 480 g/mol. The van der Waals surface area contributed by atoms with Crippen LogP contribution in [0.1, 0.15) is 12.5 Å². The van der Waals surface area contributed by atoms with E-state index in [9.17, 15) is 18.4 Å². The lowest BCUT2D eigenvalue weighted by Crippen LogP contribution is -2.39. The number of rotatable bonds is 8. The standard InChI is InChI=1S/C21H20ClF2N5O2S/c1-3-28(10-18(30)26-20-16(23)5-4-6-17(20)24)19(31)11-32-21-27-25-12-29(21)14-8-7-13(2)15(22)9-14/h4-9,12H,3,10-11H2,1-2H3,(H,26,30). The first-order valence-electron chi connectivity index (χ1n) is 9.61. The van der Waals surface area contributed by atoms with Crippen molar-refractivity contribution in [1.82, 2.24) is 19.7 Å². The Labute approximate surface area is 192 Å². The van der Waals surface area contributed by atoms with Crippen LogP contribution in [0.4, 0.5) is 14.5 Å². The molecule has 0 aliphatic heterocycles. The number of para-hydroxylation sites is 1. The minimum absolute atomic E-state index is 0.00648. The van der Waals surface area contributed by atoms with Gasteiger partial charge in [-0.1, -0.05) is 35.5 Å². The summed E-state index contributed by atoms with van der Waals surface area (Å²) < 4.78 is 29.2. The Balaban J connectivity index is 1.62. The van der Waals surface area contributed by atoms with Crippen LogP contribution in [0.2, 0.25) is 5.02 Å². The second-order valence-electron chi connectivity index (χ2n) is 6.76. The second kappa shape index (κ2) is 10.6. The fourth-order valence-corrected chi connectivity index (χ4v) is 3.80. The van der Waals surface area contributed by atoms with Gasteiger partial charge in [0.1, 0.15) is 23.6 Å². The number of hydrogen-bond acceptors (Lipinski definition) is 5. The number of aryl methyl sites for hydroxylation is 1. The quantitative estimate of drug-likeness (QED) is 0.492. The molecule has 0 aliphatic carbocycles. The van der Waals surface area contributed by atoms with Crippen molar-refractivity contribution in [2.24, 2.45) is 0 Å². The first kappa shape index (κ1) is 23.7. The number of halogens is 3. The van der Waals surface area contributed by atoms with Gasteiger partial charge in [0.05, 0.1) is 18.0 Å². The van der Waals surface area contributed by atoms with E-state index in [0.717, 1.165) is 35.1 Å². The molecule has 2 aromatic carbocycles. The molecule has 0 atom stereocenters. The number of anilines is 1. The van der Waals surface area contributed by atoms with E-state index < -0.39 is 23.2 Å². The monoisotopic (exact) mass is 479 g/mol. The summed E-state index contributed by atoms with van der Waals surface area (Å²) in [6.45, 7) is 3.50. The predicted molar refractivity (Wildman–Crippen MR) is 119 cm³/mol. The number of hydrogen-bond donors (Lipinski definition) is 1. The van der Waals surface area contributed by atoms with Crippen LogP contribution in [0.3, 0.4) is 0 Å². The molecule has 0 aliphatic rings. The third kappa shape index (κ3) is 5.63. The van der Waals surface area contributed by atoms with Crippen LogP contribution in [0.25, 0.3) is 5.69 Å². The molecule has 0 saturated carbocycles. The normalized spacial score (nSPS) is 10.8. The van der Waals surface area contributed by atoms with Crippen molar-refractivity contribution < 1.29 is 18.4 Å². The lowest BCUT2D eigenvalue weighted by molar-refractivity contribution is -0.132. The summed E-state index contributed by atoms with van der Waals surface area (Å²) in [6.07, 6.45) is 1.52. The van der Waals surface area contributed by atoms with Crippen LogP contribution < -0.4 is 5.32 Å². The van der Waals surface area contributed by atoms with Gasteiger partial charge in [-0.2, -0.15) is 0 Å². The molecular weight excluding hydrogens is 460 g/mol. The average Bonchev–Trinajstić information content (AvgIpc) is 3.23. The van der Waals surface area contributed by atoms with Crippen LogP contribution in [0.15, 0.2) is 47.9 Å². The highest BCUT2D eigenvalue weighted by molar-refractivity contribution is 7.99. The van der Waals surface area contributed by atoms with Crippen LogP contribution in [-0.4, -0.2) is 50.3 Å². The zero-order chi connectivity index (χ0) is 23.3. The van der Waals surface area contributed by atoms with Gasteiger partial charge in [0.15, 0.2) is 5.16 Å². The van der Waals surface area contributed by atoms with Crippen molar-refractivity contribution in [2.45, 2.75) is 19.0 Å². The molecule has 0 saturated heterocycles. The number of aromatic nitrogens is 3. The molecule has 1 N–H and O–H groups in total. The Morgan fingerprint density at radius 3 is 2.59 bits per heavy atom. The maximum atomic E-state index is 13.7. The van der Waals surface area contributed by atoms with Gasteiger partial charge in [-0.3, -0.25) is 14.2 Å². The molecule has 0 fully saturated rings. The van der Waals surface area contributed by atoms with Crippen molar-refractivity contribution >= 4 is 40.9 Å². The summed E-state index contributed by atoms with van der Waals surface area (Å²) in [5.41, 5.74) is 1.14. The summed E-state index contributed by atoms with van der Waals surface area (Å²) >= 11 is 7.34. The highest BCUT2D eigenvalue weighted by Gasteiger charge is 2.19. The molecule has 168 valence electrons. The number of nitrogens with zero attached hydrogens (tertiary/aromatic N) is 4. The number of likely N-dealkylation sites (N-methyl/N-ethyl adjacent to an activating group) is 1.